The van der Waals surface area contributed by atoms with Crippen LogP contribution >= 0.6 is 22.6 Å². The summed E-state index contributed by atoms with van der Waals surface area (Å²) in [5, 5.41) is 0. The Balaban J connectivity index is 2.15. The van der Waals surface area contributed by atoms with Crippen molar-refractivity contribution in [3.63, 3.8) is 0 Å². The van der Waals surface area contributed by atoms with E-state index in [2.05, 4.69) is 46.4 Å². The van der Waals surface area contributed by atoms with Gasteiger partial charge >= 0.3 is 0 Å². The Kier molecular flexibility index (Phi) is 17.8. The summed E-state index contributed by atoms with van der Waals surface area (Å²) in [6.45, 7) is 10.4. The zero-order chi connectivity index (χ0) is 24.4. The van der Waals surface area contributed by atoms with Gasteiger partial charge in [0.05, 0.1) is 22.3 Å². The molecule has 0 aliphatic rings. The maximum absolute atomic E-state index is 12.5. The zero-order valence-corrected chi connectivity index (χ0v) is 24.5. The monoisotopic (exact) mass is 593 g/mol. The van der Waals surface area contributed by atoms with Crippen LogP contribution in [0.1, 0.15) is 110 Å². The molecule has 2 unspecified atom stereocenters. The van der Waals surface area contributed by atoms with E-state index in [9.17, 15) is 4.21 Å². The van der Waals surface area contributed by atoms with Crippen LogP contribution in [0.2, 0.25) is 0 Å². The largest absolute Gasteiger partial charge is 0.494 e. The molecule has 0 amide bonds. The van der Waals surface area contributed by atoms with Crippen molar-refractivity contribution in [3.05, 3.63) is 29.8 Å². The van der Waals surface area contributed by atoms with Gasteiger partial charge in [-0.25, -0.2) is 8.93 Å². The summed E-state index contributed by atoms with van der Waals surface area (Å²) < 4.78 is 28.5. The van der Waals surface area contributed by atoms with E-state index in [1.165, 1.54) is 55.8 Å². The molecule has 6 heteroatoms. The van der Waals surface area contributed by atoms with Gasteiger partial charge in [-0.3, -0.25) is 0 Å². The highest BCUT2D eigenvalue weighted by Gasteiger charge is 2.23. The molecule has 192 valence electrons. The van der Waals surface area contributed by atoms with Gasteiger partial charge < -0.3 is 9.47 Å². The van der Waals surface area contributed by atoms with Crippen molar-refractivity contribution < 1.29 is 13.7 Å². The fraction of sp³-hybridized carbons (Fsp3) is 0.778. The number of unbranched alkanes of at least 4 members (excludes halogenated alkanes) is 7. The third kappa shape index (κ3) is 15.4. The number of nitrogens with one attached hydrogen (secondary N) is 1. The van der Waals surface area contributed by atoms with E-state index >= 15 is 0 Å². The molecule has 1 N–H and O–H groups in total. The zero-order valence-electron chi connectivity index (χ0n) is 21.5. The second kappa shape index (κ2) is 19.1. The highest BCUT2D eigenvalue weighted by Crippen LogP contribution is 2.24. The minimum atomic E-state index is -1.08. The van der Waals surface area contributed by atoms with E-state index in [-0.39, 0.29) is 10.8 Å². The van der Waals surface area contributed by atoms with Gasteiger partial charge in [0.2, 0.25) is 0 Å². The summed E-state index contributed by atoms with van der Waals surface area (Å²) in [4.78, 5) is 0. The van der Waals surface area contributed by atoms with E-state index in [4.69, 9.17) is 9.47 Å². The number of alkyl halides is 1. The molecule has 0 aromatic heterocycles. The lowest BCUT2D eigenvalue weighted by Gasteiger charge is -2.24. The normalized spacial score (nSPS) is 13.7. The maximum atomic E-state index is 12.5. The molecule has 4 nitrogen and oxygen atoms in total. The van der Waals surface area contributed by atoms with Gasteiger partial charge in [-0.15, -0.1) is 0 Å². The molecule has 0 spiro atoms. The predicted octanol–water partition coefficient (Wildman–Crippen LogP) is 7.92. The average Bonchev–Trinajstić information content (AvgIpc) is 2.78. The molecule has 1 rings (SSSR count). The number of benzene rings is 1. The van der Waals surface area contributed by atoms with Gasteiger partial charge in [0, 0.05) is 25.7 Å². The van der Waals surface area contributed by atoms with Crippen molar-refractivity contribution in [1.29, 1.82) is 0 Å². The van der Waals surface area contributed by atoms with Crippen LogP contribution < -0.4 is 9.46 Å². The third-order valence-electron chi connectivity index (χ3n) is 5.54. The first-order chi connectivity index (χ1) is 15.9. The molecule has 0 aliphatic heterocycles. The maximum Gasteiger partial charge on any atom is 0.119 e. The standard InChI is InChI=1S/C27H48INO3S/c1-5-15-26(29-33(30)27(2,3)4)24-16-18-25(19-17-24)32-23-14-22-31-21-13-11-9-7-6-8-10-12-20-28/h16-19,26,29H,5-15,20-23H2,1-4H3. The number of rotatable bonds is 20. The highest BCUT2D eigenvalue weighted by molar-refractivity contribution is 14.1. The van der Waals surface area contributed by atoms with Gasteiger partial charge in [0.1, 0.15) is 5.75 Å². The summed E-state index contributed by atoms with van der Waals surface area (Å²) in [7, 11) is -1.08. The molecular formula is C27H48INO3S. The van der Waals surface area contributed by atoms with Crippen molar-refractivity contribution in [1.82, 2.24) is 4.72 Å². The van der Waals surface area contributed by atoms with Crippen molar-refractivity contribution in [2.24, 2.45) is 0 Å². The second-order valence-corrected chi connectivity index (χ2v) is 12.8. The molecule has 0 radical (unpaired) electrons. The van der Waals surface area contributed by atoms with E-state index in [0.29, 0.717) is 6.61 Å². The topological polar surface area (TPSA) is 47.6 Å². The SMILES string of the molecule is CCCC(NS(=O)C(C)(C)C)c1ccc(OCCCOCCCCCCCCCCI)cc1. The van der Waals surface area contributed by atoms with Crippen LogP contribution in [0.25, 0.3) is 0 Å². The van der Waals surface area contributed by atoms with Crippen LogP contribution in [0, 0.1) is 0 Å². The van der Waals surface area contributed by atoms with Gasteiger partial charge in [-0.1, -0.05) is 86.6 Å². The molecule has 0 bridgehead atoms. The lowest BCUT2D eigenvalue weighted by atomic mass is 10.0. The summed E-state index contributed by atoms with van der Waals surface area (Å²) >= 11 is 2.46. The van der Waals surface area contributed by atoms with Crippen LogP contribution in [-0.2, 0) is 15.7 Å². The summed E-state index contributed by atoms with van der Waals surface area (Å²) in [6.07, 6.45) is 13.6. The molecule has 0 saturated heterocycles. The van der Waals surface area contributed by atoms with Crippen LogP contribution in [0.5, 0.6) is 5.75 Å². The van der Waals surface area contributed by atoms with Crippen LogP contribution in [0.4, 0.5) is 0 Å². The summed E-state index contributed by atoms with van der Waals surface area (Å²) in [5.41, 5.74) is 1.16. The fourth-order valence-electron chi connectivity index (χ4n) is 3.50. The van der Waals surface area contributed by atoms with E-state index in [0.717, 1.165) is 43.8 Å². The van der Waals surface area contributed by atoms with Gasteiger partial charge in [-0.05, 0) is 62.2 Å². The van der Waals surface area contributed by atoms with Gasteiger partial charge in [0.15, 0.2) is 0 Å². The number of ether oxygens (including phenoxy) is 2. The van der Waals surface area contributed by atoms with Crippen molar-refractivity contribution in [3.8, 4) is 5.75 Å². The smallest absolute Gasteiger partial charge is 0.119 e. The Morgan fingerprint density at radius 1 is 0.879 bits per heavy atom. The van der Waals surface area contributed by atoms with Crippen LogP contribution in [0.3, 0.4) is 0 Å². The van der Waals surface area contributed by atoms with Gasteiger partial charge in [-0.2, -0.15) is 0 Å². The van der Waals surface area contributed by atoms with E-state index in [1.807, 2.05) is 32.9 Å². The van der Waals surface area contributed by atoms with Crippen molar-refractivity contribution >= 4 is 33.6 Å². The Morgan fingerprint density at radius 2 is 1.45 bits per heavy atom. The minimum Gasteiger partial charge on any atom is -0.494 e. The Morgan fingerprint density at radius 3 is 2.03 bits per heavy atom. The minimum absolute atomic E-state index is 0.0956. The lowest BCUT2D eigenvalue weighted by molar-refractivity contribution is 0.115. The first-order valence-corrected chi connectivity index (χ1v) is 15.6. The Hall–Kier alpha value is -0.180. The fourth-order valence-corrected chi connectivity index (χ4v) is 4.90. The predicted molar refractivity (Wildman–Crippen MR) is 152 cm³/mol. The molecule has 2 atom stereocenters. The molecular weight excluding hydrogens is 545 g/mol. The first-order valence-electron chi connectivity index (χ1n) is 12.9. The van der Waals surface area contributed by atoms with Crippen LogP contribution in [-0.4, -0.2) is 33.2 Å². The van der Waals surface area contributed by atoms with Gasteiger partial charge in [0.25, 0.3) is 0 Å². The Labute approximate surface area is 220 Å². The van der Waals surface area contributed by atoms with Crippen molar-refractivity contribution in [2.45, 2.75) is 109 Å². The van der Waals surface area contributed by atoms with Crippen molar-refractivity contribution in [2.75, 3.05) is 24.2 Å². The first kappa shape index (κ1) is 30.9. The van der Waals surface area contributed by atoms with Crippen LogP contribution in [0.15, 0.2) is 24.3 Å². The molecule has 1 aromatic rings. The molecule has 0 heterocycles. The highest BCUT2D eigenvalue weighted by atomic mass is 127. The molecule has 0 fully saturated rings. The average molecular weight is 594 g/mol. The molecule has 0 aliphatic carbocycles. The molecule has 0 saturated carbocycles. The summed E-state index contributed by atoms with van der Waals surface area (Å²) in [6, 6.07) is 8.30. The molecule has 1 aromatic carbocycles. The Bertz CT molecular complexity index is 619. The quantitative estimate of drug-likeness (QED) is 0.0950. The number of hydrogen-bond acceptors (Lipinski definition) is 3. The summed E-state index contributed by atoms with van der Waals surface area (Å²) in [5.74, 6) is 0.879. The molecule has 33 heavy (non-hydrogen) atoms. The van der Waals surface area contributed by atoms with E-state index < -0.39 is 11.0 Å². The second-order valence-electron chi connectivity index (χ2n) is 9.74. The third-order valence-corrected chi connectivity index (χ3v) is 7.91. The number of halogens is 1. The lowest BCUT2D eigenvalue weighted by Crippen LogP contribution is -2.35. The van der Waals surface area contributed by atoms with E-state index in [1.54, 1.807) is 0 Å². The number of hydrogen-bond donors (Lipinski definition) is 1.